The van der Waals surface area contributed by atoms with Crippen molar-refractivity contribution >= 4 is 10.8 Å². The molecule has 0 aromatic heterocycles. The summed E-state index contributed by atoms with van der Waals surface area (Å²) in [5.41, 5.74) is 1.41. The lowest BCUT2D eigenvalue weighted by atomic mass is 9.96. The standard InChI is InChI=1S/C18H26N2/c1-4-20(5-2)14-13-18(19-3)17-12-8-10-15-9-6-7-11-16(15)17/h6-12,18-19H,4-5,13-14H2,1-3H3. The van der Waals surface area contributed by atoms with Crippen LogP contribution in [0.1, 0.15) is 31.9 Å². The van der Waals surface area contributed by atoms with Crippen molar-refractivity contribution in [3.63, 3.8) is 0 Å². The van der Waals surface area contributed by atoms with Crippen molar-refractivity contribution < 1.29 is 0 Å². The van der Waals surface area contributed by atoms with E-state index in [4.69, 9.17) is 0 Å². The van der Waals surface area contributed by atoms with E-state index in [1.807, 2.05) is 0 Å². The smallest absolute Gasteiger partial charge is 0.0335 e. The summed E-state index contributed by atoms with van der Waals surface area (Å²) in [5, 5.41) is 6.18. The number of nitrogens with one attached hydrogen (secondary N) is 1. The molecule has 0 saturated carbocycles. The molecule has 2 aromatic carbocycles. The normalized spacial score (nSPS) is 13.0. The first kappa shape index (κ1) is 15.0. The van der Waals surface area contributed by atoms with E-state index in [1.54, 1.807) is 0 Å². The predicted molar refractivity (Wildman–Crippen MR) is 88.2 cm³/mol. The molecule has 20 heavy (non-hydrogen) atoms. The molecule has 2 nitrogen and oxygen atoms in total. The SMILES string of the molecule is CCN(CC)CCC(NC)c1cccc2ccccc12. The average Bonchev–Trinajstić information content (AvgIpc) is 2.51. The molecule has 0 amide bonds. The maximum absolute atomic E-state index is 3.49. The summed E-state index contributed by atoms with van der Waals surface area (Å²) in [6.07, 6.45) is 1.15. The first-order valence-electron chi connectivity index (χ1n) is 7.67. The minimum absolute atomic E-state index is 0.418. The summed E-state index contributed by atoms with van der Waals surface area (Å²) in [7, 11) is 2.06. The molecule has 2 heteroatoms. The molecule has 0 saturated heterocycles. The van der Waals surface area contributed by atoms with E-state index in [0.717, 1.165) is 26.1 Å². The lowest BCUT2D eigenvalue weighted by Crippen LogP contribution is -2.28. The second kappa shape index (κ2) is 7.41. The van der Waals surface area contributed by atoms with Gasteiger partial charge in [0.2, 0.25) is 0 Å². The van der Waals surface area contributed by atoms with E-state index in [1.165, 1.54) is 16.3 Å². The third-order valence-electron chi connectivity index (χ3n) is 4.18. The van der Waals surface area contributed by atoms with Gasteiger partial charge in [0, 0.05) is 6.04 Å². The van der Waals surface area contributed by atoms with Crippen LogP contribution in [0.15, 0.2) is 42.5 Å². The molecular weight excluding hydrogens is 244 g/mol. The van der Waals surface area contributed by atoms with Crippen LogP contribution < -0.4 is 5.32 Å². The molecule has 0 radical (unpaired) electrons. The highest BCUT2D eigenvalue weighted by Gasteiger charge is 2.13. The molecule has 0 aliphatic carbocycles. The Morgan fingerprint density at radius 3 is 2.40 bits per heavy atom. The van der Waals surface area contributed by atoms with Crippen molar-refractivity contribution in [2.45, 2.75) is 26.3 Å². The molecule has 0 heterocycles. The zero-order valence-electron chi connectivity index (χ0n) is 12.9. The van der Waals surface area contributed by atoms with Crippen molar-refractivity contribution in [2.75, 3.05) is 26.7 Å². The molecule has 0 aliphatic heterocycles. The van der Waals surface area contributed by atoms with E-state index in [2.05, 4.69) is 73.6 Å². The number of hydrogen-bond acceptors (Lipinski definition) is 2. The first-order valence-corrected chi connectivity index (χ1v) is 7.67. The van der Waals surface area contributed by atoms with Crippen LogP contribution in [0.4, 0.5) is 0 Å². The third kappa shape index (κ3) is 3.38. The van der Waals surface area contributed by atoms with Gasteiger partial charge in [-0.2, -0.15) is 0 Å². The van der Waals surface area contributed by atoms with Crippen LogP contribution in [-0.2, 0) is 0 Å². The fourth-order valence-corrected chi connectivity index (χ4v) is 2.86. The Morgan fingerprint density at radius 2 is 1.70 bits per heavy atom. The zero-order chi connectivity index (χ0) is 14.4. The molecule has 1 unspecified atom stereocenters. The fraction of sp³-hybridized carbons (Fsp3) is 0.444. The van der Waals surface area contributed by atoms with Gasteiger partial charge in [-0.15, -0.1) is 0 Å². The zero-order valence-corrected chi connectivity index (χ0v) is 12.9. The quantitative estimate of drug-likeness (QED) is 0.822. The van der Waals surface area contributed by atoms with Gasteiger partial charge in [0.25, 0.3) is 0 Å². The second-order valence-electron chi connectivity index (χ2n) is 5.23. The van der Waals surface area contributed by atoms with Crippen molar-refractivity contribution in [3.05, 3.63) is 48.0 Å². The Kier molecular flexibility index (Phi) is 5.57. The Hall–Kier alpha value is -1.38. The van der Waals surface area contributed by atoms with Crippen LogP contribution in [0.2, 0.25) is 0 Å². The van der Waals surface area contributed by atoms with Gasteiger partial charge in [0.1, 0.15) is 0 Å². The molecule has 108 valence electrons. The predicted octanol–water partition coefficient (Wildman–Crippen LogP) is 3.83. The van der Waals surface area contributed by atoms with Crippen LogP contribution in [0.3, 0.4) is 0 Å². The molecule has 1 N–H and O–H groups in total. The number of nitrogens with zero attached hydrogens (tertiary/aromatic N) is 1. The van der Waals surface area contributed by atoms with Gasteiger partial charge in [-0.05, 0) is 49.4 Å². The van der Waals surface area contributed by atoms with Crippen LogP contribution >= 0.6 is 0 Å². The van der Waals surface area contributed by atoms with Crippen molar-refractivity contribution in [1.29, 1.82) is 0 Å². The number of rotatable bonds is 7. The highest BCUT2D eigenvalue weighted by molar-refractivity contribution is 5.86. The van der Waals surface area contributed by atoms with Gasteiger partial charge in [-0.1, -0.05) is 56.3 Å². The Balaban J connectivity index is 2.21. The molecule has 2 aromatic rings. The maximum atomic E-state index is 3.49. The van der Waals surface area contributed by atoms with Gasteiger partial charge >= 0.3 is 0 Å². The lowest BCUT2D eigenvalue weighted by Gasteiger charge is -2.23. The van der Waals surface area contributed by atoms with E-state index in [-0.39, 0.29) is 0 Å². The Morgan fingerprint density at radius 1 is 1.00 bits per heavy atom. The minimum Gasteiger partial charge on any atom is -0.313 e. The summed E-state index contributed by atoms with van der Waals surface area (Å²) in [6.45, 7) is 7.86. The second-order valence-corrected chi connectivity index (χ2v) is 5.23. The molecular formula is C18H26N2. The average molecular weight is 270 g/mol. The topological polar surface area (TPSA) is 15.3 Å². The minimum atomic E-state index is 0.418. The largest absolute Gasteiger partial charge is 0.313 e. The summed E-state index contributed by atoms with van der Waals surface area (Å²) in [4.78, 5) is 2.48. The fourth-order valence-electron chi connectivity index (χ4n) is 2.86. The highest BCUT2D eigenvalue weighted by Crippen LogP contribution is 2.26. The molecule has 0 aliphatic rings. The molecule has 0 spiro atoms. The summed E-state index contributed by atoms with van der Waals surface area (Å²) in [5.74, 6) is 0. The van der Waals surface area contributed by atoms with E-state index >= 15 is 0 Å². The van der Waals surface area contributed by atoms with Crippen LogP contribution in [0.5, 0.6) is 0 Å². The Bertz CT molecular complexity index is 526. The maximum Gasteiger partial charge on any atom is 0.0335 e. The van der Waals surface area contributed by atoms with Crippen LogP contribution in [-0.4, -0.2) is 31.6 Å². The van der Waals surface area contributed by atoms with Crippen molar-refractivity contribution in [1.82, 2.24) is 10.2 Å². The van der Waals surface area contributed by atoms with Gasteiger partial charge in [0.05, 0.1) is 0 Å². The van der Waals surface area contributed by atoms with Gasteiger partial charge in [0.15, 0.2) is 0 Å². The third-order valence-corrected chi connectivity index (χ3v) is 4.18. The summed E-state index contributed by atoms with van der Waals surface area (Å²) < 4.78 is 0. The van der Waals surface area contributed by atoms with Crippen LogP contribution in [0, 0.1) is 0 Å². The number of fused-ring (bicyclic) bond motifs is 1. The molecule has 2 rings (SSSR count). The Labute approximate surface area is 122 Å². The summed E-state index contributed by atoms with van der Waals surface area (Å²) in [6, 6.07) is 15.7. The van der Waals surface area contributed by atoms with Crippen LogP contribution in [0.25, 0.3) is 10.8 Å². The first-order chi connectivity index (χ1) is 9.80. The lowest BCUT2D eigenvalue weighted by molar-refractivity contribution is 0.285. The number of hydrogen-bond donors (Lipinski definition) is 1. The van der Waals surface area contributed by atoms with E-state index < -0.39 is 0 Å². The van der Waals surface area contributed by atoms with Crippen molar-refractivity contribution in [2.24, 2.45) is 0 Å². The van der Waals surface area contributed by atoms with Gasteiger partial charge < -0.3 is 10.2 Å². The van der Waals surface area contributed by atoms with Crippen molar-refractivity contribution in [3.8, 4) is 0 Å². The summed E-state index contributed by atoms with van der Waals surface area (Å²) >= 11 is 0. The molecule has 0 fully saturated rings. The molecule has 1 atom stereocenters. The molecule has 0 bridgehead atoms. The number of benzene rings is 2. The van der Waals surface area contributed by atoms with Gasteiger partial charge in [-0.25, -0.2) is 0 Å². The van der Waals surface area contributed by atoms with E-state index in [9.17, 15) is 0 Å². The highest BCUT2D eigenvalue weighted by atomic mass is 15.1. The monoisotopic (exact) mass is 270 g/mol. The van der Waals surface area contributed by atoms with E-state index in [0.29, 0.717) is 6.04 Å². The van der Waals surface area contributed by atoms with Gasteiger partial charge in [-0.3, -0.25) is 0 Å².